The van der Waals surface area contributed by atoms with Gasteiger partial charge in [-0.2, -0.15) is 0 Å². The second-order valence-corrected chi connectivity index (χ2v) is 5.24. The van der Waals surface area contributed by atoms with Gasteiger partial charge < -0.3 is 15.0 Å². The zero-order chi connectivity index (χ0) is 14.7. The van der Waals surface area contributed by atoms with E-state index in [0.29, 0.717) is 16.9 Å². The molecule has 0 aliphatic carbocycles. The quantitative estimate of drug-likeness (QED) is 0.934. The topological polar surface area (TPSA) is 63.2 Å². The molecule has 1 aliphatic rings. The number of aromatic nitrogens is 3. The number of halogens is 1. The van der Waals surface area contributed by atoms with Crippen molar-refractivity contribution >= 4 is 23.2 Å². The van der Waals surface area contributed by atoms with Crippen LogP contribution in [0.3, 0.4) is 0 Å². The van der Waals surface area contributed by atoms with Gasteiger partial charge in [-0.25, -0.2) is 15.0 Å². The molecule has 0 amide bonds. The molecular weight excluding hydrogens is 290 g/mol. The van der Waals surface area contributed by atoms with E-state index >= 15 is 0 Å². The summed E-state index contributed by atoms with van der Waals surface area (Å²) in [5, 5.41) is 4.07. The summed E-state index contributed by atoms with van der Waals surface area (Å²) in [6.45, 7) is 1.75. The van der Waals surface area contributed by atoms with Crippen LogP contribution in [0.25, 0.3) is 0 Å². The Kier molecular flexibility index (Phi) is 4.06. The Morgan fingerprint density at radius 1 is 1.38 bits per heavy atom. The lowest BCUT2D eigenvalue weighted by Gasteiger charge is -2.19. The molecule has 0 saturated carbocycles. The maximum atomic E-state index is 6.19. The molecule has 1 fully saturated rings. The molecule has 1 N–H and O–H groups in total. The molecule has 1 saturated heterocycles. The summed E-state index contributed by atoms with van der Waals surface area (Å²) in [6, 6.07) is 5.78. The molecule has 21 heavy (non-hydrogen) atoms. The first-order chi connectivity index (χ1) is 10.3. The summed E-state index contributed by atoms with van der Waals surface area (Å²) in [6.07, 6.45) is 4.25. The van der Waals surface area contributed by atoms with E-state index in [0.717, 1.165) is 31.1 Å². The number of nitrogens with one attached hydrogen (secondary N) is 1. The maximum Gasteiger partial charge on any atom is 0.218 e. The fourth-order valence-corrected chi connectivity index (χ4v) is 2.66. The van der Waals surface area contributed by atoms with Gasteiger partial charge in [0.25, 0.3) is 0 Å². The lowest BCUT2D eigenvalue weighted by molar-refractivity contribution is 0.397. The number of anilines is 2. The van der Waals surface area contributed by atoms with Crippen LogP contribution in [0.5, 0.6) is 5.88 Å². The first-order valence-electron chi connectivity index (χ1n) is 6.74. The predicted octanol–water partition coefficient (Wildman–Crippen LogP) is 2.22. The van der Waals surface area contributed by atoms with Crippen molar-refractivity contribution in [3.63, 3.8) is 0 Å². The van der Waals surface area contributed by atoms with Crippen LogP contribution in [0.2, 0.25) is 5.02 Å². The molecule has 2 aromatic heterocycles. The highest BCUT2D eigenvalue weighted by molar-refractivity contribution is 6.32. The summed E-state index contributed by atoms with van der Waals surface area (Å²) in [4.78, 5) is 14.7. The van der Waals surface area contributed by atoms with E-state index in [1.165, 1.54) is 6.33 Å². The second-order valence-electron chi connectivity index (χ2n) is 4.83. The van der Waals surface area contributed by atoms with Crippen LogP contribution in [0.4, 0.5) is 11.6 Å². The number of nitrogens with zero attached hydrogens (tertiary/aromatic N) is 4. The monoisotopic (exact) mass is 305 g/mol. The van der Waals surface area contributed by atoms with E-state index in [9.17, 15) is 0 Å². The third-order valence-corrected chi connectivity index (χ3v) is 3.72. The Morgan fingerprint density at radius 2 is 2.29 bits per heavy atom. The van der Waals surface area contributed by atoms with Crippen molar-refractivity contribution < 1.29 is 4.74 Å². The average Bonchev–Trinajstić information content (AvgIpc) is 2.96. The highest BCUT2D eigenvalue weighted by Crippen LogP contribution is 2.26. The number of hydrogen-bond donors (Lipinski definition) is 1. The molecule has 1 atom stereocenters. The van der Waals surface area contributed by atoms with Crippen LogP contribution in [0.15, 0.2) is 30.7 Å². The number of ether oxygens (including phenoxy) is 1. The van der Waals surface area contributed by atoms with E-state index in [2.05, 4.69) is 25.2 Å². The first kappa shape index (κ1) is 13.9. The van der Waals surface area contributed by atoms with Gasteiger partial charge in [0, 0.05) is 31.4 Å². The van der Waals surface area contributed by atoms with Crippen molar-refractivity contribution in [1.82, 2.24) is 15.0 Å². The zero-order valence-corrected chi connectivity index (χ0v) is 12.4. The van der Waals surface area contributed by atoms with Crippen molar-refractivity contribution in [1.29, 1.82) is 0 Å². The standard InChI is InChI=1S/C14H16ClN5O/c1-21-13-7-12(17-9-18-13)19-10-4-6-20(8-10)14-11(15)3-2-5-16-14/h2-3,5,7,9-10H,4,6,8H2,1H3,(H,17,18,19). The molecule has 1 unspecified atom stereocenters. The third kappa shape index (κ3) is 3.16. The van der Waals surface area contributed by atoms with E-state index in [4.69, 9.17) is 16.3 Å². The van der Waals surface area contributed by atoms with E-state index in [1.54, 1.807) is 19.4 Å². The van der Waals surface area contributed by atoms with E-state index in [-0.39, 0.29) is 0 Å². The number of rotatable bonds is 4. The van der Waals surface area contributed by atoms with Gasteiger partial charge in [0.15, 0.2) is 0 Å². The largest absolute Gasteiger partial charge is 0.481 e. The highest BCUT2D eigenvalue weighted by atomic mass is 35.5. The molecule has 0 bridgehead atoms. The van der Waals surface area contributed by atoms with Gasteiger partial charge in [-0.3, -0.25) is 0 Å². The second kappa shape index (κ2) is 6.13. The molecule has 3 heterocycles. The average molecular weight is 306 g/mol. The zero-order valence-electron chi connectivity index (χ0n) is 11.7. The maximum absolute atomic E-state index is 6.19. The smallest absolute Gasteiger partial charge is 0.218 e. The van der Waals surface area contributed by atoms with Crippen LogP contribution in [-0.2, 0) is 0 Å². The third-order valence-electron chi connectivity index (χ3n) is 3.43. The lowest BCUT2D eigenvalue weighted by atomic mass is 10.2. The van der Waals surface area contributed by atoms with Gasteiger partial charge in [0.2, 0.25) is 5.88 Å². The fourth-order valence-electron chi connectivity index (χ4n) is 2.42. The van der Waals surface area contributed by atoms with Gasteiger partial charge in [0.1, 0.15) is 18.0 Å². The Hall–Kier alpha value is -2.08. The SMILES string of the molecule is COc1cc(NC2CCN(c3ncccc3Cl)C2)ncn1. The molecular formula is C14H16ClN5O. The minimum absolute atomic E-state index is 0.294. The molecule has 0 radical (unpaired) electrons. The molecule has 6 nitrogen and oxygen atoms in total. The van der Waals surface area contributed by atoms with Crippen molar-refractivity contribution in [2.75, 3.05) is 30.4 Å². The molecule has 0 spiro atoms. The first-order valence-corrected chi connectivity index (χ1v) is 7.12. The Labute approximate surface area is 128 Å². The molecule has 7 heteroatoms. The van der Waals surface area contributed by atoms with Crippen LogP contribution in [0, 0.1) is 0 Å². The summed E-state index contributed by atoms with van der Waals surface area (Å²) in [5.74, 6) is 2.15. The van der Waals surface area contributed by atoms with Gasteiger partial charge in [-0.15, -0.1) is 0 Å². The van der Waals surface area contributed by atoms with E-state index in [1.807, 2.05) is 12.1 Å². The van der Waals surface area contributed by atoms with Crippen LogP contribution < -0.4 is 15.0 Å². The lowest BCUT2D eigenvalue weighted by Crippen LogP contribution is -2.27. The predicted molar refractivity (Wildman–Crippen MR) is 82.1 cm³/mol. The number of methoxy groups -OCH3 is 1. The van der Waals surface area contributed by atoms with Gasteiger partial charge >= 0.3 is 0 Å². The van der Waals surface area contributed by atoms with Crippen molar-refractivity contribution in [2.24, 2.45) is 0 Å². The van der Waals surface area contributed by atoms with Crippen LogP contribution in [0.1, 0.15) is 6.42 Å². The minimum atomic E-state index is 0.294. The van der Waals surface area contributed by atoms with Crippen molar-refractivity contribution in [3.8, 4) is 5.88 Å². The molecule has 0 aromatic carbocycles. The molecule has 1 aliphatic heterocycles. The fraction of sp³-hybridized carbons (Fsp3) is 0.357. The summed E-state index contributed by atoms with van der Waals surface area (Å²) < 4.78 is 5.10. The van der Waals surface area contributed by atoms with E-state index < -0.39 is 0 Å². The van der Waals surface area contributed by atoms with Crippen LogP contribution in [-0.4, -0.2) is 41.2 Å². The van der Waals surface area contributed by atoms with Crippen molar-refractivity contribution in [3.05, 3.63) is 35.7 Å². The van der Waals surface area contributed by atoms with Gasteiger partial charge in [0.05, 0.1) is 12.1 Å². The summed E-state index contributed by atoms with van der Waals surface area (Å²) >= 11 is 6.19. The van der Waals surface area contributed by atoms with Gasteiger partial charge in [-0.05, 0) is 18.6 Å². The number of hydrogen-bond acceptors (Lipinski definition) is 6. The number of pyridine rings is 1. The Bertz CT molecular complexity index is 624. The highest BCUT2D eigenvalue weighted by Gasteiger charge is 2.25. The van der Waals surface area contributed by atoms with Crippen LogP contribution >= 0.6 is 11.6 Å². The molecule has 3 rings (SSSR count). The Balaban J connectivity index is 1.66. The van der Waals surface area contributed by atoms with Gasteiger partial charge in [-0.1, -0.05) is 11.6 Å². The molecule has 110 valence electrons. The van der Waals surface area contributed by atoms with Crippen molar-refractivity contribution in [2.45, 2.75) is 12.5 Å². The summed E-state index contributed by atoms with van der Waals surface area (Å²) in [7, 11) is 1.59. The molecule has 2 aromatic rings. The summed E-state index contributed by atoms with van der Waals surface area (Å²) in [5.41, 5.74) is 0. The minimum Gasteiger partial charge on any atom is -0.481 e. The normalized spacial score (nSPS) is 17.8. The Morgan fingerprint density at radius 3 is 3.10 bits per heavy atom.